The first-order valence-electron chi connectivity index (χ1n) is 5.66. The second-order valence-corrected chi connectivity index (χ2v) is 4.32. The Bertz CT molecular complexity index is 465. The molecule has 0 aliphatic rings. The highest BCUT2D eigenvalue weighted by molar-refractivity contribution is 7.80. The van der Waals surface area contributed by atoms with Gasteiger partial charge in [0.2, 0.25) is 0 Å². The summed E-state index contributed by atoms with van der Waals surface area (Å²) in [6, 6.07) is 4.00. The van der Waals surface area contributed by atoms with Crippen LogP contribution < -0.4 is 10.5 Å². The number of ether oxygens (including phenoxy) is 2. The predicted molar refractivity (Wildman–Crippen MR) is 69.3 cm³/mol. The number of hydrogen-bond donors (Lipinski definition) is 1. The van der Waals surface area contributed by atoms with Crippen molar-refractivity contribution in [2.45, 2.75) is 12.6 Å². The summed E-state index contributed by atoms with van der Waals surface area (Å²) in [5.74, 6) is -0.646. The van der Waals surface area contributed by atoms with E-state index in [-0.39, 0.29) is 30.4 Å². The summed E-state index contributed by atoms with van der Waals surface area (Å²) >= 11 is 4.69. The van der Waals surface area contributed by atoms with Crippen molar-refractivity contribution in [3.05, 3.63) is 29.6 Å². The SMILES string of the molecule is NC(=S)c1ccc(OCCCOCC(F)(F)F)c(F)c1. The highest BCUT2D eigenvalue weighted by Crippen LogP contribution is 2.18. The lowest BCUT2D eigenvalue weighted by molar-refractivity contribution is -0.174. The van der Waals surface area contributed by atoms with Gasteiger partial charge in [0.1, 0.15) is 11.6 Å². The van der Waals surface area contributed by atoms with E-state index in [4.69, 9.17) is 22.7 Å². The first-order valence-corrected chi connectivity index (χ1v) is 6.07. The topological polar surface area (TPSA) is 44.5 Å². The number of alkyl halides is 3. The van der Waals surface area contributed by atoms with Gasteiger partial charge in [-0.05, 0) is 18.2 Å². The van der Waals surface area contributed by atoms with Gasteiger partial charge in [-0.1, -0.05) is 12.2 Å². The fraction of sp³-hybridized carbons (Fsp3) is 0.417. The van der Waals surface area contributed by atoms with E-state index >= 15 is 0 Å². The highest BCUT2D eigenvalue weighted by Gasteiger charge is 2.27. The van der Waals surface area contributed by atoms with Gasteiger partial charge in [0.15, 0.2) is 11.6 Å². The Hall–Kier alpha value is -1.41. The molecule has 0 amide bonds. The molecular weight excluding hydrogens is 298 g/mol. The number of benzene rings is 1. The number of rotatable bonds is 7. The van der Waals surface area contributed by atoms with E-state index in [1.807, 2.05) is 0 Å². The van der Waals surface area contributed by atoms with Crippen molar-refractivity contribution >= 4 is 17.2 Å². The second-order valence-electron chi connectivity index (χ2n) is 3.88. The van der Waals surface area contributed by atoms with Crippen LogP contribution in [0.1, 0.15) is 12.0 Å². The first-order chi connectivity index (χ1) is 9.29. The van der Waals surface area contributed by atoms with Gasteiger partial charge >= 0.3 is 6.18 Å². The van der Waals surface area contributed by atoms with E-state index in [1.165, 1.54) is 12.1 Å². The zero-order chi connectivity index (χ0) is 15.2. The molecule has 1 aromatic rings. The van der Waals surface area contributed by atoms with Gasteiger partial charge in [-0.3, -0.25) is 0 Å². The molecule has 0 radical (unpaired) electrons. The summed E-state index contributed by atoms with van der Waals surface area (Å²) in [6.45, 7) is -1.38. The molecule has 3 nitrogen and oxygen atoms in total. The maximum atomic E-state index is 13.5. The van der Waals surface area contributed by atoms with Crippen LogP contribution in [-0.4, -0.2) is 31.0 Å². The lowest BCUT2D eigenvalue weighted by Crippen LogP contribution is -2.18. The fourth-order valence-electron chi connectivity index (χ4n) is 1.30. The molecule has 0 heterocycles. The summed E-state index contributed by atoms with van der Waals surface area (Å²) in [6.07, 6.45) is -4.13. The molecule has 8 heteroatoms. The van der Waals surface area contributed by atoms with Crippen molar-refractivity contribution in [1.82, 2.24) is 0 Å². The van der Waals surface area contributed by atoms with Crippen molar-refractivity contribution < 1.29 is 27.0 Å². The summed E-state index contributed by atoms with van der Waals surface area (Å²) in [5, 5.41) is 0. The Morgan fingerprint density at radius 3 is 2.50 bits per heavy atom. The molecule has 0 saturated heterocycles. The van der Waals surface area contributed by atoms with Crippen molar-refractivity contribution in [2.24, 2.45) is 5.73 Å². The van der Waals surface area contributed by atoms with Crippen LogP contribution in [0.3, 0.4) is 0 Å². The standard InChI is InChI=1S/C12H13F4NO2S/c13-9-6-8(11(17)20)2-3-10(9)19-5-1-4-18-7-12(14,15)16/h2-3,6H,1,4-5,7H2,(H2,17,20). The molecule has 0 aliphatic heterocycles. The molecule has 0 atom stereocenters. The van der Waals surface area contributed by atoms with Crippen LogP contribution >= 0.6 is 12.2 Å². The van der Waals surface area contributed by atoms with E-state index in [9.17, 15) is 17.6 Å². The molecule has 2 N–H and O–H groups in total. The van der Waals surface area contributed by atoms with E-state index in [2.05, 4.69) is 4.74 Å². The van der Waals surface area contributed by atoms with Crippen LogP contribution in [0.4, 0.5) is 17.6 Å². The van der Waals surface area contributed by atoms with E-state index in [1.54, 1.807) is 0 Å². The van der Waals surface area contributed by atoms with Crippen molar-refractivity contribution in [3.8, 4) is 5.75 Å². The molecule has 1 rings (SSSR count). The summed E-state index contributed by atoms with van der Waals surface area (Å²) in [5.41, 5.74) is 5.71. The van der Waals surface area contributed by atoms with Gasteiger partial charge in [0.25, 0.3) is 0 Å². The van der Waals surface area contributed by atoms with E-state index in [0.29, 0.717) is 5.56 Å². The molecule has 112 valence electrons. The third-order valence-electron chi connectivity index (χ3n) is 2.17. The van der Waals surface area contributed by atoms with Gasteiger partial charge < -0.3 is 15.2 Å². The number of halogens is 4. The van der Waals surface area contributed by atoms with Crippen LogP contribution in [-0.2, 0) is 4.74 Å². The zero-order valence-corrected chi connectivity index (χ0v) is 11.2. The molecule has 0 saturated carbocycles. The predicted octanol–water partition coefficient (Wildman–Crippen LogP) is 2.81. The molecule has 0 fully saturated rings. The Balaban J connectivity index is 2.31. The monoisotopic (exact) mass is 311 g/mol. The largest absolute Gasteiger partial charge is 0.490 e. The molecule has 0 bridgehead atoms. The van der Waals surface area contributed by atoms with Gasteiger partial charge in [0.05, 0.1) is 13.2 Å². The molecular formula is C12H13F4NO2S. The average molecular weight is 311 g/mol. The second kappa shape index (κ2) is 7.39. The van der Waals surface area contributed by atoms with Crippen LogP contribution in [0.5, 0.6) is 5.75 Å². The zero-order valence-electron chi connectivity index (χ0n) is 10.4. The number of hydrogen-bond acceptors (Lipinski definition) is 3. The van der Waals surface area contributed by atoms with Gasteiger partial charge in [0, 0.05) is 12.0 Å². The van der Waals surface area contributed by atoms with Gasteiger partial charge in [-0.25, -0.2) is 4.39 Å². The normalized spacial score (nSPS) is 11.4. The summed E-state index contributed by atoms with van der Waals surface area (Å²) in [4.78, 5) is 0.0657. The van der Waals surface area contributed by atoms with Crippen molar-refractivity contribution in [3.63, 3.8) is 0 Å². The number of thiocarbonyl (C=S) groups is 1. The number of nitrogens with two attached hydrogens (primary N) is 1. The third kappa shape index (κ3) is 6.16. The van der Waals surface area contributed by atoms with Gasteiger partial charge in [-0.2, -0.15) is 13.2 Å². The molecule has 20 heavy (non-hydrogen) atoms. The minimum absolute atomic E-state index is 0.0131. The smallest absolute Gasteiger partial charge is 0.411 e. The van der Waals surface area contributed by atoms with Crippen molar-refractivity contribution in [2.75, 3.05) is 19.8 Å². The average Bonchev–Trinajstić information content (AvgIpc) is 2.33. The Kier molecular flexibility index (Phi) is 6.15. The molecule has 0 unspecified atom stereocenters. The summed E-state index contributed by atoms with van der Waals surface area (Å²) < 4.78 is 58.3. The lowest BCUT2D eigenvalue weighted by Gasteiger charge is -2.09. The first kappa shape index (κ1) is 16.6. The van der Waals surface area contributed by atoms with E-state index < -0.39 is 18.6 Å². The Labute approximate surface area is 118 Å². The van der Waals surface area contributed by atoms with Crippen LogP contribution in [0.25, 0.3) is 0 Å². The molecule has 0 spiro atoms. The minimum atomic E-state index is -4.34. The third-order valence-corrected chi connectivity index (χ3v) is 2.41. The molecule has 0 aliphatic carbocycles. The van der Waals surface area contributed by atoms with Crippen LogP contribution in [0.2, 0.25) is 0 Å². The highest BCUT2D eigenvalue weighted by atomic mass is 32.1. The summed E-state index contributed by atoms with van der Waals surface area (Å²) in [7, 11) is 0. The maximum Gasteiger partial charge on any atom is 0.411 e. The van der Waals surface area contributed by atoms with Crippen molar-refractivity contribution in [1.29, 1.82) is 0 Å². The van der Waals surface area contributed by atoms with Crippen LogP contribution in [0.15, 0.2) is 18.2 Å². The van der Waals surface area contributed by atoms with Gasteiger partial charge in [-0.15, -0.1) is 0 Å². The Morgan fingerprint density at radius 1 is 1.25 bits per heavy atom. The Morgan fingerprint density at radius 2 is 1.95 bits per heavy atom. The minimum Gasteiger partial charge on any atom is -0.490 e. The quantitative estimate of drug-likeness (QED) is 0.478. The maximum absolute atomic E-state index is 13.5. The molecule has 0 aromatic heterocycles. The molecule has 1 aromatic carbocycles. The van der Waals surface area contributed by atoms with Crippen LogP contribution in [0, 0.1) is 5.82 Å². The lowest BCUT2D eigenvalue weighted by atomic mass is 10.2. The fourth-order valence-corrected chi connectivity index (χ4v) is 1.43. The van der Waals surface area contributed by atoms with E-state index in [0.717, 1.165) is 6.07 Å².